The molecule has 0 unspecified atom stereocenters. The van der Waals surface area contributed by atoms with Crippen LogP contribution in [0, 0.1) is 0 Å². The van der Waals surface area contributed by atoms with E-state index in [1.165, 1.54) is 5.56 Å². The van der Waals surface area contributed by atoms with Gasteiger partial charge in [0.2, 0.25) is 0 Å². The van der Waals surface area contributed by atoms with Crippen molar-refractivity contribution < 1.29 is 4.79 Å². The van der Waals surface area contributed by atoms with E-state index >= 15 is 0 Å². The lowest BCUT2D eigenvalue weighted by Crippen LogP contribution is -2.26. The Labute approximate surface area is 153 Å². The van der Waals surface area contributed by atoms with Gasteiger partial charge in [-0.05, 0) is 36.8 Å². The summed E-state index contributed by atoms with van der Waals surface area (Å²) in [7, 11) is 0. The molecular weight excluding hydrogens is 322 g/mol. The molecule has 3 rings (SSSR count). The molecule has 0 spiro atoms. The number of hydrogen-bond acceptors (Lipinski definition) is 3. The average Bonchev–Trinajstić information content (AvgIpc) is 2.70. The highest BCUT2D eigenvalue weighted by atomic mass is 16.2. The van der Waals surface area contributed by atoms with E-state index in [0.717, 1.165) is 35.0 Å². The highest BCUT2D eigenvalue weighted by Crippen LogP contribution is 2.22. The molecule has 0 bridgehead atoms. The SMILES string of the molecule is C/C(CCc1ccccc1)=N\NC(=O)CNc1cccc2ccccc12. The summed E-state index contributed by atoms with van der Waals surface area (Å²) in [6.45, 7) is 2.12. The van der Waals surface area contributed by atoms with Crippen LogP contribution in [0.15, 0.2) is 77.9 Å². The monoisotopic (exact) mass is 345 g/mol. The second-order valence-electron chi connectivity index (χ2n) is 6.25. The first-order valence-electron chi connectivity index (χ1n) is 8.80. The second kappa shape index (κ2) is 8.81. The highest BCUT2D eigenvalue weighted by molar-refractivity contribution is 5.95. The van der Waals surface area contributed by atoms with Gasteiger partial charge in [0, 0.05) is 16.8 Å². The van der Waals surface area contributed by atoms with Gasteiger partial charge in [-0.3, -0.25) is 4.79 Å². The summed E-state index contributed by atoms with van der Waals surface area (Å²) in [5, 5.41) is 9.63. The van der Waals surface area contributed by atoms with Crippen molar-refractivity contribution in [3.05, 3.63) is 78.4 Å². The van der Waals surface area contributed by atoms with Gasteiger partial charge in [-0.25, -0.2) is 5.43 Å². The first-order chi connectivity index (χ1) is 12.7. The standard InChI is InChI=1S/C22H23N3O/c1-17(14-15-18-8-3-2-4-9-18)24-25-22(26)16-23-21-13-7-11-19-10-5-6-12-20(19)21/h2-13,23H,14-16H2,1H3,(H,25,26)/b24-17+. The van der Waals surface area contributed by atoms with Crippen molar-refractivity contribution in [1.82, 2.24) is 5.43 Å². The molecule has 2 N–H and O–H groups in total. The molecule has 0 atom stereocenters. The molecule has 0 radical (unpaired) electrons. The maximum atomic E-state index is 12.1. The van der Waals surface area contributed by atoms with Crippen LogP contribution < -0.4 is 10.7 Å². The molecule has 0 saturated carbocycles. The van der Waals surface area contributed by atoms with E-state index in [1.54, 1.807) is 0 Å². The smallest absolute Gasteiger partial charge is 0.259 e. The fourth-order valence-electron chi connectivity index (χ4n) is 2.78. The number of hydrazone groups is 1. The lowest BCUT2D eigenvalue weighted by Gasteiger charge is -2.09. The van der Waals surface area contributed by atoms with Crippen LogP contribution in [0.1, 0.15) is 18.9 Å². The molecular formula is C22H23N3O. The zero-order valence-corrected chi connectivity index (χ0v) is 14.9. The molecule has 3 aromatic rings. The van der Waals surface area contributed by atoms with Crippen molar-refractivity contribution in [2.24, 2.45) is 5.10 Å². The normalized spacial score (nSPS) is 11.3. The van der Waals surface area contributed by atoms with Crippen molar-refractivity contribution in [1.29, 1.82) is 0 Å². The number of nitrogens with one attached hydrogen (secondary N) is 2. The second-order valence-corrected chi connectivity index (χ2v) is 6.25. The van der Waals surface area contributed by atoms with Gasteiger partial charge in [0.05, 0.1) is 6.54 Å². The van der Waals surface area contributed by atoms with Crippen LogP contribution in [-0.2, 0) is 11.2 Å². The van der Waals surface area contributed by atoms with E-state index in [9.17, 15) is 4.79 Å². The van der Waals surface area contributed by atoms with Crippen molar-refractivity contribution in [3.63, 3.8) is 0 Å². The van der Waals surface area contributed by atoms with E-state index in [-0.39, 0.29) is 12.5 Å². The summed E-state index contributed by atoms with van der Waals surface area (Å²) >= 11 is 0. The molecule has 0 aliphatic rings. The summed E-state index contributed by atoms with van der Waals surface area (Å²) < 4.78 is 0. The molecule has 0 aliphatic carbocycles. The first kappa shape index (κ1) is 17.7. The van der Waals surface area contributed by atoms with Crippen molar-refractivity contribution >= 4 is 28.1 Å². The third-order valence-corrected chi connectivity index (χ3v) is 4.22. The topological polar surface area (TPSA) is 53.5 Å². The number of hydrogen-bond donors (Lipinski definition) is 2. The number of carbonyl (C=O) groups excluding carboxylic acids is 1. The minimum Gasteiger partial charge on any atom is -0.376 e. The minimum atomic E-state index is -0.156. The average molecular weight is 345 g/mol. The number of anilines is 1. The fourth-order valence-corrected chi connectivity index (χ4v) is 2.78. The molecule has 0 fully saturated rings. The van der Waals surface area contributed by atoms with Crippen LogP contribution in [0.25, 0.3) is 10.8 Å². The van der Waals surface area contributed by atoms with Crippen LogP contribution in [0.2, 0.25) is 0 Å². The molecule has 4 heteroatoms. The van der Waals surface area contributed by atoms with E-state index in [2.05, 4.69) is 40.1 Å². The summed E-state index contributed by atoms with van der Waals surface area (Å²) in [4.78, 5) is 12.1. The highest BCUT2D eigenvalue weighted by Gasteiger charge is 2.03. The van der Waals surface area contributed by atoms with Crippen LogP contribution in [-0.4, -0.2) is 18.2 Å². The third kappa shape index (κ3) is 4.93. The molecule has 0 heterocycles. The third-order valence-electron chi connectivity index (χ3n) is 4.22. The van der Waals surface area contributed by atoms with Gasteiger partial charge in [0.25, 0.3) is 5.91 Å². The summed E-state index contributed by atoms with van der Waals surface area (Å²) in [6, 6.07) is 24.4. The number of carbonyl (C=O) groups is 1. The Morgan fingerprint density at radius 3 is 2.50 bits per heavy atom. The Morgan fingerprint density at radius 2 is 1.65 bits per heavy atom. The largest absolute Gasteiger partial charge is 0.376 e. The maximum absolute atomic E-state index is 12.1. The van der Waals surface area contributed by atoms with Crippen molar-refractivity contribution in [2.45, 2.75) is 19.8 Å². The molecule has 0 aliphatic heterocycles. The molecule has 1 amide bonds. The predicted octanol–water partition coefficient (Wildman–Crippen LogP) is 4.38. The summed E-state index contributed by atoms with van der Waals surface area (Å²) in [5.41, 5.74) is 5.75. The van der Waals surface area contributed by atoms with Gasteiger partial charge in [-0.1, -0.05) is 66.7 Å². The van der Waals surface area contributed by atoms with Gasteiger partial charge < -0.3 is 5.32 Å². The Hall–Kier alpha value is -3.14. The van der Waals surface area contributed by atoms with Gasteiger partial charge in [-0.15, -0.1) is 0 Å². The van der Waals surface area contributed by atoms with E-state index in [4.69, 9.17) is 0 Å². The molecule has 0 saturated heterocycles. The van der Waals surface area contributed by atoms with Crippen LogP contribution in [0.4, 0.5) is 5.69 Å². The number of fused-ring (bicyclic) bond motifs is 1. The predicted molar refractivity (Wildman–Crippen MR) is 108 cm³/mol. The van der Waals surface area contributed by atoms with Gasteiger partial charge in [0.15, 0.2) is 0 Å². The van der Waals surface area contributed by atoms with Crippen LogP contribution in [0.5, 0.6) is 0 Å². The zero-order valence-electron chi connectivity index (χ0n) is 14.9. The zero-order chi connectivity index (χ0) is 18.2. The fraction of sp³-hybridized carbons (Fsp3) is 0.182. The summed E-state index contributed by atoms with van der Waals surface area (Å²) in [6.07, 6.45) is 1.74. The maximum Gasteiger partial charge on any atom is 0.259 e. The number of benzene rings is 3. The molecule has 4 nitrogen and oxygen atoms in total. The van der Waals surface area contributed by atoms with Crippen LogP contribution >= 0.6 is 0 Å². The molecule has 3 aromatic carbocycles. The minimum absolute atomic E-state index is 0.156. The number of aryl methyl sites for hydroxylation is 1. The van der Waals surface area contributed by atoms with Crippen LogP contribution in [0.3, 0.4) is 0 Å². The van der Waals surface area contributed by atoms with E-state index in [1.807, 2.05) is 55.5 Å². The Bertz CT molecular complexity index is 898. The van der Waals surface area contributed by atoms with Gasteiger partial charge in [0.1, 0.15) is 0 Å². The van der Waals surface area contributed by atoms with Crippen molar-refractivity contribution in [2.75, 3.05) is 11.9 Å². The first-order valence-corrected chi connectivity index (χ1v) is 8.80. The Balaban J connectivity index is 1.49. The number of rotatable bonds is 7. The molecule has 132 valence electrons. The van der Waals surface area contributed by atoms with Gasteiger partial charge in [-0.2, -0.15) is 5.10 Å². The lowest BCUT2D eigenvalue weighted by molar-refractivity contribution is -0.119. The summed E-state index contributed by atoms with van der Waals surface area (Å²) in [5.74, 6) is -0.156. The van der Waals surface area contributed by atoms with Gasteiger partial charge >= 0.3 is 0 Å². The van der Waals surface area contributed by atoms with E-state index < -0.39 is 0 Å². The Morgan fingerprint density at radius 1 is 0.923 bits per heavy atom. The quantitative estimate of drug-likeness (QED) is 0.493. The molecule has 0 aromatic heterocycles. The molecule has 26 heavy (non-hydrogen) atoms. The lowest BCUT2D eigenvalue weighted by atomic mass is 10.1. The number of nitrogens with zero attached hydrogens (tertiary/aromatic N) is 1. The number of amides is 1. The van der Waals surface area contributed by atoms with Crippen molar-refractivity contribution in [3.8, 4) is 0 Å². The Kier molecular flexibility index (Phi) is 5.99. The van der Waals surface area contributed by atoms with E-state index in [0.29, 0.717) is 0 Å².